The minimum atomic E-state index is 0.159. The van der Waals surface area contributed by atoms with Crippen molar-refractivity contribution in [1.82, 2.24) is 0 Å². The van der Waals surface area contributed by atoms with Crippen LogP contribution in [0.2, 0.25) is 0 Å². The van der Waals surface area contributed by atoms with Gasteiger partial charge in [-0.1, -0.05) is 48.6 Å². The van der Waals surface area contributed by atoms with E-state index in [0.717, 1.165) is 0 Å². The van der Waals surface area contributed by atoms with Gasteiger partial charge < -0.3 is 0 Å². The van der Waals surface area contributed by atoms with Crippen LogP contribution in [0.3, 0.4) is 0 Å². The Morgan fingerprint density at radius 3 is 2.11 bits per heavy atom. The van der Waals surface area contributed by atoms with Gasteiger partial charge in [-0.3, -0.25) is 0 Å². The van der Waals surface area contributed by atoms with Crippen molar-refractivity contribution in [3.05, 3.63) is 35.9 Å². The zero-order valence-electron chi connectivity index (χ0n) is 5.54. The molecule has 0 aromatic heterocycles. The molecule has 0 aliphatic heterocycles. The Bertz CT molecular complexity index is 167. The molecule has 0 fully saturated rings. The zero-order valence-corrected chi connectivity index (χ0v) is 5.54. The predicted octanol–water partition coefficient (Wildman–Crippen LogP) is 1.92. The maximum atomic E-state index is 5.61. The molecule has 0 unspecified atom stereocenters. The monoisotopic (exact) mass is 116 g/mol. The van der Waals surface area contributed by atoms with Gasteiger partial charge in [0.25, 0.3) is 0 Å². The first kappa shape index (κ1) is 6.41. The van der Waals surface area contributed by atoms with Gasteiger partial charge in [0.05, 0.1) is 7.85 Å². The Kier molecular flexibility index (Phi) is 1.94. The standard InChI is InChI=1S/C8H9B/c1-7(9)8-5-3-2-4-6-8/h2-7H,1H3/t7-/m0/s1. The Morgan fingerprint density at radius 2 is 1.78 bits per heavy atom. The highest BCUT2D eigenvalue weighted by Gasteiger charge is 1.93. The molecule has 1 aromatic rings. The highest BCUT2D eigenvalue weighted by atomic mass is 13.9. The summed E-state index contributed by atoms with van der Waals surface area (Å²) in [5, 5.41) is 0. The van der Waals surface area contributed by atoms with Crippen LogP contribution in [-0.2, 0) is 0 Å². The molecular weight excluding hydrogens is 107 g/mol. The van der Waals surface area contributed by atoms with Gasteiger partial charge in [0, 0.05) is 0 Å². The van der Waals surface area contributed by atoms with Crippen LogP contribution in [0, 0.1) is 0 Å². The molecule has 1 aromatic carbocycles. The fourth-order valence-electron chi connectivity index (χ4n) is 0.757. The Hall–Kier alpha value is -0.715. The van der Waals surface area contributed by atoms with Gasteiger partial charge in [0.1, 0.15) is 0 Å². The zero-order chi connectivity index (χ0) is 6.69. The first-order valence-corrected chi connectivity index (χ1v) is 3.11. The van der Waals surface area contributed by atoms with E-state index in [1.54, 1.807) is 0 Å². The third-order valence-electron chi connectivity index (χ3n) is 1.33. The van der Waals surface area contributed by atoms with E-state index in [-0.39, 0.29) is 5.82 Å². The molecule has 1 heteroatoms. The largest absolute Gasteiger partial charge is 0.0759 e. The Morgan fingerprint density at radius 1 is 1.22 bits per heavy atom. The van der Waals surface area contributed by atoms with Crippen molar-refractivity contribution < 1.29 is 0 Å². The van der Waals surface area contributed by atoms with Crippen molar-refractivity contribution in [3.63, 3.8) is 0 Å². The van der Waals surface area contributed by atoms with Crippen LogP contribution in [0.5, 0.6) is 0 Å². The van der Waals surface area contributed by atoms with Gasteiger partial charge in [0.15, 0.2) is 0 Å². The van der Waals surface area contributed by atoms with Crippen molar-refractivity contribution >= 4 is 7.85 Å². The summed E-state index contributed by atoms with van der Waals surface area (Å²) >= 11 is 0. The third kappa shape index (κ3) is 1.60. The van der Waals surface area contributed by atoms with Crippen LogP contribution in [0.1, 0.15) is 18.3 Å². The highest BCUT2D eigenvalue weighted by molar-refractivity contribution is 6.12. The number of hydrogen-bond donors (Lipinski definition) is 0. The van der Waals surface area contributed by atoms with Gasteiger partial charge in [-0.25, -0.2) is 0 Å². The number of rotatable bonds is 1. The van der Waals surface area contributed by atoms with E-state index in [0.29, 0.717) is 0 Å². The Balaban J connectivity index is 2.85. The first-order valence-electron chi connectivity index (χ1n) is 3.11. The summed E-state index contributed by atoms with van der Waals surface area (Å²) < 4.78 is 0. The smallest absolute Gasteiger partial charge is 0.0665 e. The van der Waals surface area contributed by atoms with E-state index in [1.165, 1.54) is 5.56 Å². The second-order valence-corrected chi connectivity index (χ2v) is 2.20. The summed E-state index contributed by atoms with van der Waals surface area (Å²) in [5.41, 5.74) is 1.19. The number of hydrogen-bond acceptors (Lipinski definition) is 0. The maximum Gasteiger partial charge on any atom is 0.0759 e. The van der Waals surface area contributed by atoms with E-state index in [9.17, 15) is 0 Å². The van der Waals surface area contributed by atoms with Gasteiger partial charge >= 0.3 is 0 Å². The van der Waals surface area contributed by atoms with Crippen molar-refractivity contribution in [2.24, 2.45) is 0 Å². The average molecular weight is 116 g/mol. The van der Waals surface area contributed by atoms with E-state index in [2.05, 4.69) is 0 Å². The van der Waals surface area contributed by atoms with E-state index < -0.39 is 0 Å². The topological polar surface area (TPSA) is 0 Å². The Labute approximate surface area is 57.3 Å². The van der Waals surface area contributed by atoms with Crippen molar-refractivity contribution in [3.8, 4) is 0 Å². The molecule has 44 valence electrons. The molecule has 1 rings (SSSR count). The second kappa shape index (κ2) is 2.72. The van der Waals surface area contributed by atoms with Crippen molar-refractivity contribution in [2.45, 2.75) is 12.7 Å². The van der Waals surface area contributed by atoms with Gasteiger partial charge in [-0.2, -0.15) is 0 Å². The summed E-state index contributed by atoms with van der Waals surface area (Å²) in [6.45, 7) is 1.98. The van der Waals surface area contributed by atoms with Crippen molar-refractivity contribution in [2.75, 3.05) is 0 Å². The molecule has 0 amide bonds. The average Bonchev–Trinajstić information content (AvgIpc) is 1.90. The SMILES string of the molecule is [B][C@@H](C)c1ccccc1. The molecular formula is C8H9B. The molecule has 1 atom stereocenters. The van der Waals surface area contributed by atoms with Gasteiger partial charge in [-0.05, 0) is 0 Å². The van der Waals surface area contributed by atoms with Crippen LogP contribution in [0.4, 0.5) is 0 Å². The van der Waals surface area contributed by atoms with Gasteiger partial charge in [0.2, 0.25) is 0 Å². The quantitative estimate of drug-likeness (QED) is 0.491. The molecule has 0 saturated heterocycles. The minimum absolute atomic E-state index is 0.159. The maximum absolute atomic E-state index is 5.61. The molecule has 2 radical (unpaired) electrons. The lowest BCUT2D eigenvalue weighted by Crippen LogP contribution is -1.89. The van der Waals surface area contributed by atoms with E-state index in [1.807, 2.05) is 37.3 Å². The fourth-order valence-corrected chi connectivity index (χ4v) is 0.757. The van der Waals surface area contributed by atoms with Crippen LogP contribution < -0.4 is 0 Å². The molecule has 0 aliphatic carbocycles. The molecule has 0 N–H and O–H groups in total. The van der Waals surface area contributed by atoms with Gasteiger partial charge in [-0.15, -0.1) is 0 Å². The number of benzene rings is 1. The summed E-state index contributed by atoms with van der Waals surface area (Å²) in [7, 11) is 5.61. The first-order chi connectivity index (χ1) is 4.30. The molecule has 0 spiro atoms. The summed E-state index contributed by atoms with van der Waals surface area (Å²) in [6, 6.07) is 10.1. The van der Waals surface area contributed by atoms with E-state index >= 15 is 0 Å². The predicted molar refractivity (Wildman–Crippen MR) is 40.6 cm³/mol. The van der Waals surface area contributed by atoms with Crippen LogP contribution >= 0.6 is 0 Å². The minimum Gasteiger partial charge on any atom is -0.0665 e. The molecule has 0 saturated carbocycles. The van der Waals surface area contributed by atoms with Crippen LogP contribution in [-0.4, -0.2) is 7.85 Å². The lowest BCUT2D eigenvalue weighted by Gasteiger charge is -2.01. The van der Waals surface area contributed by atoms with E-state index in [4.69, 9.17) is 7.85 Å². The molecule has 0 aliphatic rings. The third-order valence-corrected chi connectivity index (χ3v) is 1.33. The molecule has 0 bridgehead atoms. The molecule has 9 heavy (non-hydrogen) atoms. The molecule has 0 heterocycles. The normalized spacial score (nSPS) is 13.0. The summed E-state index contributed by atoms with van der Waals surface area (Å²) in [6.07, 6.45) is 0. The van der Waals surface area contributed by atoms with Crippen LogP contribution in [0.25, 0.3) is 0 Å². The lowest BCUT2D eigenvalue weighted by atomic mass is 9.83. The molecule has 0 nitrogen and oxygen atoms in total. The van der Waals surface area contributed by atoms with Crippen molar-refractivity contribution in [1.29, 1.82) is 0 Å². The summed E-state index contributed by atoms with van der Waals surface area (Å²) in [5.74, 6) is 0.159. The lowest BCUT2D eigenvalue weighted by molar-refractivity contribution is 1.08. The highest BCUT2D eigenvalue weighted by Crippen LogP contribution is 2.08. The fraction of sp³-hybridized carbons (Fsp3) is 0.250. The second-order valence-electron chi connectivity index (χ2n) is 2.20. The summed E-state index contributed by atoms with van der Waals surface area (Å²) in [4.78, 5) is 0. The van der Waals surface area contributed by atoms with Crippen LogP contribution in [0.15, 0.2) is 30.3 Å².